The summed E-state index contributed by atoms with van der Waals surface area (Å²) >= 11 is 3.53. The largest absolute Gasteiger partial charge is 0.396 e. The van der Waals surface area contributed by atoms with E-state index in [4.69, 9.17) is 5.73 Å². The minimum Gasteiger partial charge on any atom is -0.396 e. The van der Waals surface area contributed by atoms with Crippen LogP contribution >= 0.6 is 15.9 Å². The van der Waals surface area contributed by atoms with Gasteiger partial charge in [-0.05, 0) is 30.5 Å². The molecule has 1 atom stereocenters. The van der Waals surface area contributed by atoms with Gasteiger partial charge in [-0.25, -0.2) is 0 Å². The molecule has 0 saturated heterocycles. The molecule has 2 aromatic rings. The minimum atomic E-state index is 0.169. The molecular formula is C16H22BrN3. The van der Waals surface area contributed by atoms with Gasteiger partial charge in [0.1, 0.15) is 0 Å². The molecule has 1 aromatic carbocycles. The van der Waals surface area contributed by atoms with Crippen molar-refractivity contribution in [3.05, 3.63) is 28.9 Å². The van der Waals surface area contributed by atoms with Gasteiger partial charge in [0, 0.05) is 22.9 Å². The van der Waals surface area contributed by atoms with E-state index in [9.17, 15) is 0 Å². The molecule has 0 spiro atoms. The zero-order valence-electron chi connectivity index (χ0n) is 12.7. The number of pyridine rings is 1. The molecule has 1 heterocycles. The maximum Gasteiger partial charge on any atom is 0.0745 e. The summed E-state index contributed by atoms with van der Waals surface area (Å²) in [6, 6.07) is 6.45. The van der Waals surface area contributed by atoms with Crippen molar-refractivity contribution >= 4 is 38.2 Å². The van der Waals surface area contributed by atoms with Crippen LogP contribution in [0.4, 0.5) is 11.4 Å². The van der Waals surface area contributed by atoms with Crippen LogP contribution in [0.5, 0.6) is 0 Å². The Morgan fingerprint density at radius 3 is 2.55 bits per heavy atom. The lowest BCUT2D eigenvalue weighted by molar-refractivity contribution is 0.330. The average molecular weight is 336 g/mol. The molecule has 0 saturated carbocycles. The van der Waals surface area contributed by atoms with Crippen LogP contribution in [0.15, 0.2) is 28.9 Å². The van der Waals surface area contributed by atoms with E-state index < -0.39 is 0 Å². The van der Waals surface area contributed by atoms with Crippen molar-refractivity contribution in [3.63, 3.8) is 0 Å². The summed E-state index contributed by atoms with van der Waals surface area (Å²) < 4.78 is 1.04. The molecule has 1 aromatic heterocycles. The summed E-state index contributed by atoms with van der Waals surface area (Å²) in [5.74, 6) is 0. The quantitative estimate of drug-likeness (QED) is 0.881. The molecule has 0 aliphatic carbocycles. The maximum atomic E-state index is 6.20. The first-order chi connectivity index (χ1) is 9.21. The Labute approximate surface area is 129 Å². The number of halogens is 1. The molecule has 4 heteroatoms. The highest BCUT2D eigenvalue weighted by Crippen LogP contribution is 2.36. The first-order valence-corrected chi connectivity index (χ1v) is 7.57. The first kappa shape index (κ1) is 15.1. The summed E-state index contributed by atoms with van der Waals surface area (Å²) in [4.78, 5) is 6.67. The lowest BCUT2D eigenvalue weighted by Gasteiger charge is -2.37. The molecule has 0 radical (unpaired) electrons. The summed E-state index contributed by atoms with van der Waals surface area (Å²) in [7, 11) is 2.10. The molecule has 20 heavy (non-hydrogen) atoms. The van der Waals surface area contributed by atoms with Gasteiger partial charge in [-0.15, -0.1) is 0 Å². The third kappa shape index (κ3) is 2.75. The van der Waals surface area contributed by atoms with Crippen molar-refractivity contribution in [1.29, 1.82) is 0 Å². The van der Waals surface area contributed by atoms with Crippen LogP contribution in [0.2, 0.25) is 0 Å². The van der Waals surface area contributed by atoms with Crippen molar-refractivity contribution in [2.24, 2.45) is 5.41 Å². The topological polar surface area (TPSA) is 42.1 Å². The fourth-order valence-electron chi connectivity index (χ4n) is 2.33. The molecule has 0 aliphatic rings. The zero-order valence-corrected chi connectivity index (χ0v) is 14.3. The van der Waals surface area contributed by atoms with E-state index in [1.165, 1.54) is 0 Å². The van der Waals surface area contributed by atoms with E-state index >= 15 is 0 Å². The number of fused-ring (bicyclic) bond motifs is 1. The van der Waals surface area contributed by atoms with Crippen LogP contribution < -0.4 is 10.6 Å². The first-order valence-electron chi connectivity index (χ1n) is 6.78. The number of hydrogen-bond acceptors (Lipinski definition) is 3. The van der Waals surface area contributed by atoms with Gasteiger partial charge in [0.05, 0.1) is 23.1 Å². The van der Waals surface area contributed by atoms with Crippen LogP contribution in [0.1, 0.15) is 27.7 Å². The second-order valence-electron chi connectivity index (χ2n) is 6.38. The number of aromatic nitrogens is 1. The highest BCUT2D eigenvalue weighted by molar-refractivity contribution is 9.10. The molecule has 0 amide bonds. The Bertz CT molecular complexity index is 626. The van der Waals surface area contributed by atoms with Crippen molar-refractivity contribution < 1.29 is 0 Å². The molecule has 2 N–H and O–H groups in total. The highest BCUT2D eigenvalue weighted by Gasteiger charge is 2.26. The Kier molecular flexibility index (Phi) is 3.96. The number of nitrogen functional groups attached to an aromatic ring is 1. The van der Waals surface area contributed by atoms with Crippen molar-refractivity contribution in [1.82, 2.24) is 4.98 Å². The number of hydrogen-bond donors (Lipinski definition) is 1. The Balaban J connectivity index is 2.63. The normalized spacial score (nSPS) is 13.5. The van der Waals surface area contributed by atoms with Crippen LogP contribution in [0.25, 0.3) is 10.9 Å². The number of anilines is 2. The van der Waals surface area contributed by atoms with Crippen molar-refractivity contribution in [2.75, 3.05) is 17.7 Å². The van der Waals surface area contributed by atoms with Gasteiger partial charge in [0.15, 0.2) is 0 Å². The third-order valence-corrected chi connectivity index (χ3v) is 4.51. The molecule has 0 bridgehead atoms. The van der Waals surface area contributed by atoms with Gasteiger partial charge in [-0.2, -0.15) is 0 Å². The fourth-order valence-corrected chi connectivity index (χ4v) is 2.70. The Hall–Kier alpha value is -1.29. The molecule has 2 rings (SSSR count). The minimum absolute atomic E-state index is 0.169. The number of nitrogens with zero attached hydrogens (tertiary/aromatic N) is 2. The number of benzene rings is 1. The monoisotopic (exact) mass is 335 g/mol. The number of nitrogens with two attached hydrogens (primary N) is 1. The summed E-state index contributed by atoms with van der Waals surface area (Å²) in [5.41, 5.74) is 9.10. The van der Waals surface area contributed by atoms with E-state index in [0.29, 0.717) is 11.7 Å². The Morgan fingerprint density at radius 1 is 1.30 bits per heavy atom. The third-order valence-electron chi connectivity index (χ3n) is 4.02. The van der Waals surface area contributed by atoms with E-state index in [1.54, 1.807) is 6.20 Å². The molecule has 108 valence electrons. The van der Waals surface area contributed by atoms with Crippen molar-refractivity contribution in [2.45, 2.75) is 33.7 Å². The SMILES string of the molecule is CC(N(C)c1c(N)cnc2ccc(Br)cc12)C(C)(C)C. The summed E-state index contributed by atoms with van der Waals surface area (Å²) in [6.07, 6.45) is 1.75. The molecule has 3 nitrogen and oxygen atoms in total. The van der Waals surface area contributed by atoms with E-state index in [-0.39, 0.29) is 5.41 Å². The van der Waals surface area contributed by atoms with Crippen molar-refractivity contribution in [3.8, 4) is 0 Å². The molecule has 0 fully saturated rings. The van der Waals surface area contributed by atoms with Gasteiger partial charge in [0.2, 0.25) is 0 Å². The Morgan fingerprint density at radius 2 is 1.95 bits per heavy atom. The molecule has 1 unspecified atom stereocenters. The number of rotatable bonds is 2. The second kappa shape index (κ2) is 5.24. The summed E-state index contributed by atoms with van der Waals surface area (Å²) in [6.45, 7) is 8.95. The van der Waals surface area contributed by atoms with Crippen LogP contribution in [-0.4, -0.2) is 18.1 Å². The highest BCUT2D eigenvalue weighted by atomic mass is 79.9. The van der Waals surface area contributed by atoms with E-state index in [0.717, 1.165) is 21.1 Å². The van der Waals surface area contributed by atoms with Crippen LogP contribution in [0, 0.1) is 5.41 Å². The van der Waals surface area contributed by atoms with E-state index in [1.807, 2.05) is 12.1 Å². The lowest BCUT2D eigenvalue weighted by Crippen LogP contribution is -2.39. The maximum absolute atomic E-state index is 6.20. The molecular weight excluding hydrogens is 314 g/mol. The lowest BCUT2D eigenvalue weighted by atomic mass is 9.86. The predicted octanol–water partition coefficient (Wildman–Crippen LogP) is 4.45. The van der Waals surface area contributed by atoms with Gasteiger partial charge in [-0.1, -0.05) is 36.7 Å². The summed E-state index contributed by atoms with van der Waals surface area (Å²) in [5, 5.41) is 1.08. The average Bonchev–Trinajstić information content (AvgIpc) is 2.35. The second-order valence-corrected chi connectivity index (χ2v) is 7.29. The predicted molar refractivity (Wildman–Crippen MR) is 91.2 cm³/mol. The van der Waals surface area contributed by atoms with Crippen LogP contribution in [-0.2, 0) is 0 Å². The van der Waals surface area contributed by atoms with Gasteiger partial charge in [-0.3, -0.25) is 4.98 Å². The smallest absolute Gasteiger partial charge is 0.0745 e. The van der Waals surface area contributed by atoms with Gasteiger partial charge >= 0.3 is 0 Å². The standard InChI is InChI=1S/C16H22BrN3/c1-10(16(2,3)4)20(5)15-12-8-11(17)6-7-14(12)19-9-13(15)18/h6-10H,18H2,1-5H3. The van der Waals surface area contributed by atoms with Gasteiger partial charge in [0.25, 0.3) is 0 Å². The molecule has 0 aliphatic heterocycles. The zero-order chi connectivity index (χ0) is 15.1. The van der Waals surface area contributed by atoms with Gasteiger partial charge < -0.3 is 10.6 Å². The van der Waals surface area contributed by atoms with Crippen LogP contribution in [0.3, 0.4) is 0 Å². The fraction of sp³-hybridized carbons (Fsp3) is 0.438. The van der Waals surface area contributed by atoms with E-state index in [2.05, 4.69) is 66.6 Å².